The van der Waals surface area contributed by atoms with E-state index in [2.05, 4.69) is 15.9 Å². The molecule has 1 aromatic rings. The highest BCUT2D eigenvalue weighted by atomic mass is 79.9. The van der Waals surface area contributed by atoms with E-state index in [9.17, 15) is 18.0 Å². The molecule has 3 rings (SSSR count). The summed E-state index contributed by atoms with van der Waals surface area (Å²) < 4.78 is 39.0. The van der Waals surface area contributed by atoms with E-state index in [1.165, 1.54) is 0 Å². The lowest BCUT2D eigenvalue weighted by atomic mass is 9.88. The predicted octanol–water partition coefficient (Wildman–Crippen LogP) is 3.64. The molecule has 1 aliphatic carbocycles. The number of piperidine rings is 1. The van der Waals surface area contributed by atoms with Crippen molar-refractivity contribution in [3.05, 3.63) is 33.8 Å². The molecule has 1 heterocycles. The van der Waals surface area contributed by atoms with E-state index in [1.54, 1.807) is 0 Å². The van der Waals surface area contributed by atoms with Crippen LogP contribution >= 0.6 is 15.9 Å². The summed E-state index contributed by atoms with van der Waals surface area (Å²) in [5.41, 5.74) is 2.15. The average molecular weight is 348 g/mol. The molecule has 1 saturated heterocycles. The minimum absolute atomic E-state index is 0.0400. The molecule has 1 unspecified atom stereocenters. The van der Waals surface area contributed by atoms with E-state index in [4.69, 9.17) is 0 Å². The second-order valence-electron chi connectivity index (χ2n) is 5.36. The summed E-state index contributed by atoms with van der Waals surface area (Å²) >= 11 is 3.38. The number of benzene rings is 1. The van der Waals surface area contributed by atoms with E-state index in [1.807, 2.05) is 18.2 Å². The molecule has 2 atom stereocenters. The number of hydrogen-bond donors (Lipinski definition) is 0. The highest BCUT2D eigenvalue weighted by molar-refractivity contribution is 9.10. The third-order valence-electron chi connectivity index (χ3n) is 4.22. The van der Waals surface area contributed by atoms with Crippen molar-refractivity contribution in [2.24, 2.45) is 0 Å². The van der Waals surface area contributed by atoms with E-state index in [0.29, 0.717) is 12.8 Å². The Morgan fingerprint density at radius 1 is 1.35 bits per heavy atom. The Hall–Kier alpha value is -1.04. The smallest absolute Gasteiger partial charge is 0.331 e. The monoisotopic (exact) mass is 347 g/mol. The minimum Gasteiger partial charge on any atom is -0.331 e. The summed E-state index contributed by atoms with van der Waals surface area (Å²) in [7, 11) is 0. The highest BCUT2D eigenvalue weighted by Crippen LogP contribution is 2.43. The van der Waals surface area contributed by atoms with Crippen molar-refractivity contribution in [1.82, 2.24) is 4.90 Å². The van der Waals surface area contributed by atoms with E-state index >= 15 is 0 Å². The van der Waals surface area contributed by atoms with Gasteiger partial charge in [0.15, 0.2) is 0 Å². The molecule has 2 nitrogen and oxygen atoms in total. The molecule has 2 aliphatic rings. The van der Waals surface area contributed by atoms with Crippen molar-refractivity contribution in [2.75, 3.05) is 6.54 Å². The van der Waals surface area contributed by atoms with Crippen LogP contribution in [0, 0.1) is 0 Å². The molecule has 0 aromatic heterocycles. The highest BCUT2D eigenvalue weighted by Gasteiger charge is 2.49. The van der Waals surface area contributed by atoms with Gasteiger partial charge in [0, 0.05) is 23.0 Å². The lowest BCUT2D eigenvalue weighted by molar-refractivity contribution is -0.189. The van der Waals surface area contributed by atoms with Gasteiger partial charge in [-0.1, -0.05) is 22.0 Å². The Balaban J connectivity index is 1.92. The third kappa shape index (κ3) is 2.24. The Bertz CT molecular complexity index is 558. The summed E-state index contributed by atoms with van der Waals surface area (Å²) in [6.07, 6.45) is -2.79. The Morgan fingerprint density at radius 2 is 2.10 bits per heavy atom. The van der Waals surface area contributed by atoms with Gasteiger partial charge in [0.2, 0.25) is 0 Å². The zero-order valence-corrected chi connectivity index (χ0v) is 12.2. The van der Waals surface area contributed by atoms with Crippen LogP contribution in [0.2, 0.25) is 0 Å². The second kappa shape index (κ2) is 4.76. The number of rotatable bonds is 0. The number of halogens is 4. The van der Waals surface area contributed by atoms with E-state index in [-0.39, 0.29) is 18.5 Å². The van der Waals surface area contributed by atoms with Gasteiger partial charge in [-0.25, -0.2) is 0 Å². The number of fused-ring (bicyclic) bond motifs is 3. The number of amides is 1. The molecule has 0 radical (unpaired) electrons. The summed E-state index contributed by atoms with van der Waals surface area (Å²) in [6.45, 7) is 0.203. The Labute approximate surface area is 123 Å². The predicted molar refractivity (Wildman–Crippen MR) is 71.4 cm³/mol. The number of alkyl halides is 3. The molecular formula is C14H13BrF3NO. The fourth-order valence-corrected chi connectivity index (χ4v) is 3.83. The van der Waals surface area contributed by atoms with Gasteiger partial charge >= 0.3 is 12.1 Å². The van der Waals surface area contributed by atoms with Crippen LogP contribution in [0.5, 0.6) is 0 Å². The molecule has 0 N–H and O–H groups in total. The molecule has 20 heavy (non-hydrogen) atoms. The molecule has 108 valence electrons. The maximum atomic E-state index is 12.7. The fourth-order valence-electron chi connectivity index (χ4n) is 3.43. The standard InChI is InChI=1S/C14H13BrF3NO/c15-9-3-4-10-8(6-9)7-12-11(10)2-1-5-19(12)13(20)14(16,17)18/h3-4,6,11-12H,1-2,5,7H2/t11?,12-/m0/s1. The number of nitrogens with zero attached hydrogens (tertiary/aromatic N) is 1. The number of likely N-dealkylation sites (tertiary alicyclic amines) is 1. The van der Waals surface area contributed by atoms with Crippen molar-refractivity contribution in [3.63, 3.8) is 0 Å². The van der Waals surface area contributed by atoms with Crippen molar-refractivity contribution in [2.45, 2.75) is 37.4 Å². The zero-order valence-electron chi connectivity index (χ0n) is 10.6. The van der Waals surface area contributed by atoms with Crippen LogP contribution in [0.3, 0.4) is 0 Å². The first-order chi connectivity index (χ1) is 9.38. The van der Waals surface area contributed by atoms with Gasteiger partial charge in [0.25, 0.3) is 0 Å². The van der Waals surface area contributed by atoms with Crippen LogP contribution in [0.15, 0.2) is 22.7 Å². The van der Waals surface area contributed by atoms with Crippen LogP contribution in [-0.4, -0.2) is 29.6 Å². The fraction of sp³-hybridized carbons (Fsp3) is 0.500. The normalized spacial score (nSPS) is 25.3. The zero-order chi connectivity index (χ0) is 14.5. The van der Waals surface area contributed by atoms with Gasteiger partial charge in [-0.2, -0.15) is 13.2 Å². The Kier molecular flexibility index (Phi) is 3.31. The topological polar surface area (TPSA) is 20.3 Å². The molecule has 1 amide bonds. The summed E-state index contributed by atoms with van der Waals surface area (Å²) in [6, 6.07) is 5.48. The minimum atomic E-state index is -4.78. The first kappa shape index (κ1) is 13.9. The molecule has 1 fully saturated rings. The Morgan fingerprint density at radius 3 is 2.80 bits per heavy atom. The SMILES string of the molecule is O=C(N1CCCC2c3ccc(Br)cc3C[C@@H]21)C(F)(F)F. The second-order valence-corrected chi connectivity index (χ2v) is 6.28. The quantitative estimate of drug-likeness (QED) is 0.701. The molecule has 1 aromatic carbocycles. The molecule has 6 heteroatoms. The van der Waals surface area contributed by atoms with Gasteiger partial charge in [-0.05, 0) is 42.5 Å². The van der Waals surface area contributed by atoms with Crippen LogP contribution in [0.4, 0.5) is 13.2 Å². The van der Waals surface area contributed by atoms with Crippen LogP contribution in [0.1, 0.15) is 29.9 Å². The van der Waals surface area contributed by atoms with Gasteiger partial charge in [-0.3, -0.25) is 4.79 Å². The third-order valence-corrected chi connectivity index (χ3v) is 4.71. The largest absolute Gasteiger partial charge is 0.471 e. The van der Waals surface area contributed by atoms with Crippen molar-refractivity contribution in [3.8, 4) is 0 Å². The van der Waals surface area contributed by atoms with Crippen LogP contribution in [0.25, 0.3) is 0 Å². The summed E-state index contributed by atoms with van der Waals surface area (Å²) in [4.78, 5) is 12.6. The van der Waals surface area contributed by atoms with Crippen molar-refractivity contribution < 1.29 is 18.0 Å². The molecule has 0 spiro atoms. The van der Waals surface area contributed by atoms with Gasteiger partial charge in [0.05, 0.1) is 0 Å². The first-order valence-electron chi connectivity index (χ1n) is 6.54. The van der Waals surface area contributed by atoms with Gasteiger partial charge < -0.3 is 4.90 Å². The molecule has 0 saturated carbocycles. The maximum Gasteiger partial charge on any atom is 0.471 e. The summed E-state index contributed by atoms with van der Waals surface area (Å²) in [5, 5.41) is 0. The molecule has 0 bridgehead atoms. The van der Waals surface area contributed by atoms with Crippen molar-refractivity contribution >= 4 is 21.8 Å². The lowest BCUT2D eigenvalue weighted by Gasteiger charge is -2.38. The van der Waals surface area contributed by atoms with Gasteiger partial charge in [0.1, 0.15) is 0 Å². The van der Waals surface area contributed by atoms with E-state index < -0.39 is 12.1 Å². The van der Waals surface area contributed by atoms with Gasteiger partial charge in [-0.15, -0.1) is 0 Å². The van der Waals surface area contributed by atoms with E-state index in [0.717, 1.165) is 26.9 Å². The maximum absolute atomic E-state index is 12.7. The number of carbonyl (C=O) groups excluding carboxylic acids is 1. The molecular weight excluding hydrogens is 335 g/mol. The first-order valence-corrected chi connectivity index (χ1v) is 7.33. The lowest BCUT2D eigenvalue weighted by Crippen LogP contribution is -2.51. The average Bonchev–Trinajstić information content (AvgIpc) is 2.73. The summed E-state index contributed by atoms with van der Waals surface area (Å²) in [5.74, 6) is -1.66. The van der Waals surface area contributed by atoms with Crippen LogP contribution < -0.4 is 0 Å². The van der Waals surface area contributed by atoms with Crippen LogP contribution in [-0.2, 0) is 11.2 Å². The number of carbonyl (C=O) groups is 1. The van der Waals surface area contributed by atoms with Crippen molar-refractivity contribution in [1.29, 1.82) is 0 Å². The molecule has 1 aliphatic heterocycles. The number of hydrogen-bond acceptors (Lipinski definition) is 1.